The summed E-state index contributed by atoms with van der Waals surface area (Å²) in [6.07, 6.45) is 0.150. The second kappa shape index (κ2) is 4.48. The normalized spacial score (nSPS) is 10.6. The van der Waals surface area contributed by atoms with E-state index in [-0.39, 0.29) is 6.29 Å². The molecule has 0 aliphatic rings. The summed E-state index contributed by atoms with van der Waals surface area (Å²) in [7, 11) is 0.683. The quantitative estimate of drug-likeness (QED) is 0.354. The zero-order valence-electron chi connectivity index (χ0n) is 7.95. The molecule has 0 atom stereocenters. The molecule has 17 heavy (non-hydrogen) atoms. The Bertz CT molecular complexity index is 647. The number of carbonyl (C=O) groups is 1. The van der Waals surface area contributed by atoms with E-state index in [1.54, 1.807) is 0 Å². The molecule has 1 aromatic carbocycles. The van der Waals surface area contributed by atoms with Crippen LogP contribution >= 0.6 is 10.7 Å². The number of nitrogens with zero attached hydrogens (tertiary/aromatic N) is 2. The van der Waals surface area contributed by atoms with Gasteiger partial charge in [0.1, 0.15) is 11.0 Å². The monoisotopic (exact) mass is 274 g/mol. The van der Waals surface area contributed by atoms with Crippen LogP contribution in [0.1, 0.15) is 15.9 Å². The van der Waals surface area contributed by atoms with Gasteiger partial charge in [0.25, 0.3) is 14.7 Å². The first-order chi connectivity index (χ1) is 7.81. The van der Waals surface area contributed by atoms with E-state index in [0.717, 1.165) is 6.07 Å². The molecule has 0 radical (unpaired) electrons. The van der Waals surface area contributed by atoms with Gasteiger partial charge in [0, 0.05) is 28.4 Å². The van der Waals surface area contributed by atoms with Crippen LogP contribution in [0.5, 0.6) is 0 Å². The first kappa shape index (κ1) is 13.1. The molecular formula is C8H3ClN2O5S. The smallest absolute Gasteiger partial charge is 0.271 e. The fourth-order valence-electron chi connectivity index (χ4n) is 1.13. The second-order valence-electron chi connectivity index (χ2n) is 2.83. The molecule has 0 aliphatic heterocycles. The number of rotatable bonds is 3. The van der Waals surface area contributed by atoms with Crippen LogP contribution in [0.4, 0.5) is 5.69 Å². The Kier molecular flexibility index (Phi) is 3.45. The van der Waals surface area contributed by atoms with Crippen LogP contribution < -0.4 is 0 Å². The number of non-ortho nitro benzene ring substituents is 1. The maximum absolute atomic E-state index is 11.1. The van der Waals surface area contributed by atoms with E-state index in [1.165, 1.54) is 6.07 Å². The lowest BCUT2D eigenvalue weighted by molar-refractivity contribution is -0.385. The predicted octanol–water partition coefficient (Wildman–Crippen LogP) is 1.21. The molecule has 0 saturated heterocycles. The van der Waals surface area contributed by atoms with Crippen LogP contribution in [0.3, 0.4) is 0 Å². The second-order valence-corrected chi connectivity index (χ2v) is 5.37. The van der Waals surface area contributed by atoms with E-state index in [2.05, 4.69) is 0 Å². The van der Waals surface area contributed by atoms with Crippen molar-refractivity contribution in [2.45, 2.75) is 4.90 Å². The minimum absolute atomic E-state index is 0.150. The zero-order valence-corrected chi connectivity index (χ0v) is 9.53. The summed E-state index contributed by atoms with van der Waals surface area (Å²) < 4.78 is 22.3. The number of nitro groups is 1. The number of nitro benzene ring substituents is 1. The highest BCUT2D eigenvalue weighted by atomic mass is 35.7. The summed E-state index contributed by atoms with van der Waals surface area (Å²) in [6, 6.07) is 2.91. The molecule has 0 amide bonds. The number of halogens is 1. The van der Waals surface area contributed by atoms with E-state index < -0.39 is 35.7 Å². The Labute approximate surface area is 99.8 Å². The van der Waals surface area contributed by atoms with E-state index in [0.29, 0.717) is 6.07 Å². The molecule has 0 N–H and O–H groups in total. The lowest BCUT2D eigenvalue weighted by Crippen LogP contribution is -2.02. The van der Waals surface area contributed by atoms with Crippen LogP contribution in [0.15, 0.2) is 17.0 Å². The molecule has 0 spiro atoms. The van der Waals surface area contributed by atoms with Gasteiger partial charge < -0.3 is 0 Å². The largest absolute Gasteiger partial charge is 0.298 e. The van der Waals surface area contributed by atoms with Gasteiger partial charge in [-0.1, -0.05) is 0 Å². The number of carbonyl (C=O) groups excluding carboxylic acids is 1. The SMILES string of the molecule is N#Cc1c(C=O)cc([N+](=O)[O-])cc1S(=O)(=O)Cl. The molecule has 0 aliphatic carbocycles. The third kappa shape index (κ3) is 2.58. The van der Waals surface area contributed by atoms with Gasteiger partial charge in [0.15, 0.2) is 6.29 Å². The van der Waals surface area contributed by atoms with Crippen LogP contribution in [0, 0.1) is 21.4 Å². The van der Waals surface area contributed by atoms with Crippen molar-refractivity contribution in [1.82, 2.24) is 0 Å². The maximum atomic E-state index is 11.1. The average molecular weight is 275 g/mol. The molecule has 0 bridgehead atoms. The van der Waals surface area contributed by atoms with Crippen molar-refractivity contribution in [2.24, 2.45) is 0 Å². The van der Waals surface area contributed by atoms with Crippen LogP contribution in [0.25, 0.3) is 0 Å². The number of hydrogen-bond donors (Lipinski definition) is 0. The zero-order chi connectivity index (χ0) is 13.2. The van der Waals surface area contributed by atoms with Crippen molar-refractivity contribution in [1.29, 1.82) is 5.26 Å². The van der Waals surface area contributed by atoms with Gasteiger partial charge in [-0.2, -0.15) is 5.26 Å². The van der Waals surface area contributed by atoms with E-state index in [1.807, 2.05) is 0 Å². The first-order valence-corrected chi connectivity index (χ1v) is 6.24. The topological polar surface area (TPSA) is 118 Å². The van der Waals surface area contributed by atoms with Gasteiger partial charge >= 0.3 is 0 Å². The van der Waals surface area contributed by atoms with Gasteiger partial charge in [-0.15, -0.1) is 0 Å². The highest BCUT2D eigenvalue weighted by molar-refractivity contribution is 8.13. The third-order valence-corrected chi connectivity index (χ3v) is 3.18. The van der Waals surface area contributed by atoms with E-state index >= 15 is 0 Å². The summed E-state index contributed by atoms with van der Waals surface area (Å²) in [6.45, 7) is 0. The molecule has 9 heteroatoms. The van der Waals surface area contributed by atoms with Crippen molar-refractivity contribution in [3.63, 3.8) is 0 Å². The lowest BCUT2D eigenvalue weighted by Gasteiger charge is -2.02. The number of nitriles is 1. The van der Waals surface area contributed by atoms with Gasteiger partial charge in [-0.05, 0) is 0 Å². The molecule has 0 aromatic heterocycles. The van der Waals surface area contributed by atoms with Crippen molar-refractivity contribution in [2.75, 3.05) is 0 Å². The lowest BCUT2D eigenvalue weighted by atomic mass is 10.1. The Hall–Kier alpha value is -1.98. The van der Waals surface area contributed by atoms with Crippen LogP contribution in [-0.2, 0) is 9.05 Å². The predicted molar refractivity (Wildman–Crippen MR) is 56.2 cm³/mol. The molecule has 1 aromatic rings. The fourth-order valence-corrected chi connectivity index (χ4v) is 2.17. The molecule has 0 fully saturated rings. The standard InChI is InChI=1S/C8H3ClN2O5S/c9-17(15,16)8-2-6(11(13)14)1-5(4-12)7(8)3-10/h1-2,4H. The summed E-state index contributed by atoms with van der Waals surface area (Å²) in [5, 5.41) is 19.2. The van der Waals surface area contributed by atoms with E-state index in [4.69, 9.17) is 15.9 Å². The number of hydrogen-bond acceptors (Lipinski definition) is 6. The minimum Gasteiger partial charge on any atom is -0.298 e. The van der Waals surface area contributed by atoms with Crippen LogP contribution in [-0.4, -0.2) is 19.6 Å². The Morgan fingerprint density at radius 1 is 1.47 bits per heavy atom. The first-order valence-electron chi connectivity index (χ1n) is 3.93. The summed E-state index contributed by atoms with van der Waals surface area (Å²) in [5.41, 5.74) is -1.55. The molecular weight excluding hydrogens is 272 g/mol. The molecule has 0 unspecified atom stereocenters. The average Bonchev–Trinajstić information content (AvgIpc) is 2.25. The van der Waals surface area contributed by atoms with Gasteiger partial charge in [-0.25, -0.2) is 8.42 Å². The fraction of sp³-hybridized carbons (Fsp3) is 0. The van der Waals surface area contributed by atoms with E-state index in [9.17, 15) is 23.3 Å². The summed E-state index contributed by atoms with van der Waals surface area (Å²) in [4.78, 5) is 19.5. The Balaban J connectivity index is 3.80. The van der Waals surface area contributed by atoms with Crippen LogP contribution in [0.2, 0.25) is 0 Å². The molecule has 0 saturated carbocycles. The maximum Gasteiger partial charge on any atom is 0.271 e. The Morgan fingerprint density at radius 3 is 2.41 bits per heavy atom. The molecule has 88 valence electrons. The van der Waals surface area contributed by atoms with Crippen molar-refractivity contribution >= 4 is 31.7 Å². The molecule has 1 rings (SSSR count). The van der Waals surface area contributed by atoms with Crippen molar-refractivity contribution in [3.05, 3.63) is 33.4 Å². The van der Waals surface area contributed by atoms with Gasteiger partial charge in [-0.3, -0.25) is 14.9 Å². The Morgan fingerprint density at radius 2 is 2.06 bits per heavy atom. The number of aldehydes is 1. The highest BCUT2D eigenvalue weighted by Gasteiger charge is 2.23. The molecule has 0 heterocycles. The van der Waals surface area contributed by atoms with Crippen molar-refractivity contribution < 1.29 is 18.1 Å². The highest BCUT2D eigenvalue weighted by Crippen LogP contribution is 2.27. The summed E-state index contributed by atoms with van der Waals surface area (Å²) in [5.74, 6) is 0. The van der Waals surface area contributed by atoms with Gasteiger partial charge in [0.2, 0.25) is 0 Å². The number of benzene rings is 1. The third-order valence-electron chi connectivity index (χ3n) is 1.83. The van der Waals surface area contributed by atoms with Gasteiger partial charge in [0.05, 0.1) is 10.5 Å². The minimum atomic E-state index is -4.35. The van der Waals surface area contributed by atoms with Crippen molar-refractivity contribution in [3.8, 4) is 6.07 Å². The molecule has 7 nitrogen and oxygen atoms in total. The summed E-state index contributed by atoms with van der Waals surface area (Å²) >= 11 is 0.